The van der Waals surface area contributed by atoms with Gasteiger partial charge in [0.1, 0.15) is 5.69 Å². The van der Waals surface area contributed by atoms with Crippen LogP contribution in [0.1, 0.15) is 36.8 Å². The summed E-state index contributed by atoms with van der Waals surface area (Å²) in [6.45, 7) is 3.29. The van der Waals surface area contributed by atoms with Crippen LogP contribution < -0.4 is 0 Å². The fourth-order valence-electron chi connectivity index (χ4n) is 5.56. The van der Waals surface area contributed by atoms with Crippen molar-refractivity contribution in [2.75, 3.05) is 13.1 Å². The van der Waals surface area contributed by atoms with Gasteiger partial charge in [-0.25, -0.2) is 0 Å². The molecule has 4 aromatic heterocycles. The Labute approximate surface area is 209 Å². The van der Waals surface area contributed by atoms with E-state index in [9.17, 15) is 0 Å². The van der Waals surface area contributed by atoms with Crippen molar-refractivity contribution in [3.8, 4) is 22.6 Å². The van der Waals surface area contributed by atoms with Gasteiger partial charge in [-0.05, 0) is 73.3 Å². The van der Waals surface area contributed by atoms with Gasteiger partial charge in [-0.2, -0.15) is 5.10 Å². The zero-order valence-corrected chi connectivity index (χ0v) is 20.2. The van der Waals surface area contributed by atoms with Gasteiger partial charge in [-0.3, -0.25) is 20.0 Å². The van der Waals surface area contributed by atoms with Crippen molar-refractivity contribution in [1.29, 1.82) is 0 Å². The molecule has 1 aromatic carbocycles. The number of aromatic nitrogens is 5. The Morgan fingerprint density at radius 1 is 0.917 bits per heavy atom. The summed E-state index contributed by atoms with van der Waals surface area (Å²) in [4.78, 5) is 15.4. The Hall–Kier alpha value is -4.03. The number of pyridine rings is 2. The van der Waals surface area contributed by atoms with Crippen LogP contribution in [0.5, 0.6) is 0 Å². The third-order valence-corrected chi connectivity index (χ3v) is 7.39. The number of hydrogen-bond donors (Lipinski definition) is 2. The third kappa shape index (κ3) is 3.84. The molecule has 1 fully saturated rings. The van der Waals surface area contributed by atoms with Crippen molar-refractivity contribution >= 4 is 27.4 Å². The lowest BCUT2D eigenvalue weighted by Gasteiger charge is -2.26. The highest BCUT2D eigenvalue weighted by Crippen LogP contribution is 2.34. The second-order valence-corrected chi connectivity index (χ2v) is 9.85. The average Bonchev–Trinajstić information content (AvgIpc) is 3.68. The van der Waals surface area contributed by atoms with Crippen LogP contribution in [-0.2, 0) is 6.54 Å². The molecule has 6 heteroatoms. The standard InChI is InChI=1S/C30H28N6/c1-4-11-36(12-5-1)19-20-13-22(17-31-16-20)27-15-25-29(18-32-27)34-35-30(25)28-14-24-23(21-7-2-3-8-21)9-6-10-26(24)33-28/h2,6-10,13-18,33H,1,3-5,11-12,19H2,(H,34,35). The fourth-order valence-corrected chi connectivity index (χ4v) is 5.56. The van der Waals surface area contributed by atoms with Gasteiger partial charge in [0.2, 0.25) is 0 Å². The summed E-state index contributed by atoms with van der Waals surface area (Å²) in [5, 5.41) is 10.1. The summed E-state index contributed by atoms with van der Waals surface area (Å²) in [5.41, 5.74) is 9.67. The number of allylic oxidation sites excluding steroid dienone is 4. The van der Waals surface area contributed by atoms with Crippen LogP contribution in [0.15, 0.2) is 73.2 Å². The molecule has 2 N–H and O–H groups in total. The third-order valence-electron chi connectivity index (χ3n) is 7.39. The largest absolute Gasteiger partial charge is 0.353 e. The Kier molecular flexibility index (Phi) is 5.25. The number of nitrogens with zero attached hydrogens (tertiary/aromatic N) is 4. The number of H-pyrrole nitrogens is 2. The van der Waals surface area contributed by atoms with Crippen molar-refractivity contribution < 1.29 is 0 Å². The molecule has 0 saturated carbocycles. The van der Waals surface area contributed by atoms with Crippen molar-refractivity contribution in [2.24, 2.45) is 0 Å². The fraction of sp³-hybridized carbons (Fsp3) is 0.233. The molecule has 36 heavy (non-hydrogen) atoms. The molecule has 5 heterocycles. The molecule has 0 atom stereocenters. The van der Waals surface area contributed by atoms with Crippen LogP contribution in [0.4, 0.5) is 0 Å². The van der Waals surface area contributed by atoms with Crippen molar-refractivity contribution in [1.82, 2.24) is 30.0 Å². The summed E-state index contributed by atoms with van der Waals surface area (Å²) < 4.78 is 0. The number of hydrogen-bond acceptors (Lipinski definition) is 4. The maximum absolute atomic E-state index is 4.73. The first-order valence-corrected chi connectivity index (χ1v) is 12.8. The van der Waals surface area contributed by atoms with E-state index >= 15 is 0 Å². The molecule has 1 aliphatic carbocycles. The molecule has 0 bridgehead atoms. The number of nitrogens with one attached hydrogen (secondary N) is 2. The number of benzene rings is 1. The van der Waals surface area contributed by atoms with Crippen LogP contribution >= 0.6 is 0 Å². The number of likely N-dealkylation sites (tertiary alicyclic amines) is 1. The summed E-state index contributed by atoms with van der Waals surface area (Å²) in [7, 11) is 0. The quantitative estimate of drug-likeness (QED) is 0.306. The Morgan fingerprint density at radius 3 is 2.75 bits per heavy atom. The second kappa shape index (κ2) is 8.88. The molecule has 0 spiro atoms. The van der Waals surface area contributed by atoms with Crippen LogP contribution in [0.3, 0.4) is 0 Å². The molecule has 1 aliphatic heterocycles. The first-order chi connectivity index (χ1) is 17.8. The predicted octanol–water partition coefficient (Wildman–Crippen LogP) is 6.50. The summed E-state index contributed by atoms with van der Waals surface area (Å²) >= 11 is 0. The minimum atomic E-state index is 0.907. The molecule has 7 rings (SSSR count). The lowest BCUT2D eigenvalue weighted by atomic mass is 10.0. The zero-order chi connectivity index (χ0) is 23.9. The van der Waals surface area contributed by atoms with E-state index in [1.54, 1.807) is 0 Å². The predicted molar refractivity (Wildman–Crippen MR) is 145 cm³/mol. The highest BCUT2D eigenvalue weighted by Gasteiger charge is 2.16. The van der Waals surface area contributed by atoms with Gasteiger partial charge in [0.25, 0.3) is 0 Å². The van der Waals surface area contributed by atoms with Gasteiger partial charge in [0, 0.05) is 40.8 Å². The number of fused-ring (bicyclic) bond motifs is 2. The van der Waals surface area contributed by atoms with E-state index in [4.69, 9.17) is 4.98 Å². The molecular formula is C30H28N6. The van der Waals surface area contributed by atoms with E-state index in [1.165, 1.54) is 54.4 Å². The first kappa shape index (κ1) is 21.3. The highest BCUT2D eigenvalue weighted by atomic mass is 15.1. The maximum Gasteiger partial charge on any atom is 0.116 e. The molecule has 6 nitrogen and oxygen atoms in total. The maximum atomic E-state index is 4.73. The molecule has 0 radical (unpaired) electrons. The Bertz CT molecular complexity index is 1630. The number of piperidine rings is 1. The van der Waals surface area contributed by atoms with Gasteiger partial charge < -0.3 is 4.98 Å². The SMILES string of the molecule is C1=CC(c2cccc3[nH]c(-c4n[nH]c5cnc(-c6cncc(CN7CCCCC7)c6)cc45)cc23)=CC1. The second-order valence-electron chi connectivity index (χ2n) is 9.85. The van der Waals surface area contributed by atoms with Gasteiger partial charge in [-0.15, -0.1) is 0 Å². The summed E-state index contributed by atoms with van der Waals surface area (Å²) in [6, 6.07) is 13.0. The van der Waals surface area contributed by atoms with Crippen LogP contribution in [0.2, 0.25) is 0 Å². The van der Waals surface area contributed by atoms with Crippen molar-refractivity contribution in [3.05, 3.63) is 84.3 Å². The van der Waals surface area contributed by atoms with Crippen LogP contribution in [0.25, 0.3) is 50.0 Å². The summed E-state index contributed by atoms with van der Waals surface area (Å²) in [6.07, 6.45) is 17.4. The minimum absolute atomic E-state index is 0.907. The Balaban J connectivity index is 1.25. The van der Waals surface area contributed by atoms with Crippen LogP contribution in [0, 0.1) is 0 Å². The number of aromatic amines is 2. The van der Waals surface area contributed by atoms with E-state index in [1.807, 2.05) is 18.6 Å². The van der Waals surface area contributed by atoms with E-state index < -0.39 is 0 Å². The summed E-state index contributed by atoms with van der Waals surface area (Å²) in [5.74, 6) is 0. The van der Waals surface area contributed by atoms with Crippen molar-refractivity contribution in [3.63, 3.8) is 0 Å². The topological polar surface area (TPSA) is 73.5 Å². The average molecular weight is 473 g/mol. The van der Waals surface area contributed by atoms with Gasteiger partial charge in [0.15, 0.2) is 0 Å². The molecule has 0 amide bonds. The molecule has 1 saturated heterocycles. The van der Waals surface area contributed by atoms with E-state index in [2.05, 4.69) is 79.7 Å². The van der Waals surface area contributed by atoms with E-state index in [0.717, 1.165) is 52.0 Å². The molecule has 0 unspecified atom stereocenters. The zero-order valence-electron chi connectivity index (χ0n) is 20.2. The lowest BCUT2D eigenvalue weighted by molar-refractivity contribution is 0.220. The van der Waals surface area contributed by atoms with Gasteiger partial charge in [0.05, 0.1) is 23.1 Å². The molecule has 2 aliphatic rings. The Morgan fingerprint density at radius 2 is 1.86 bits per heavy atom. The minimum Gasteiger partial charge on any atom is -0.353 e. The van der Waals surface area contributed by atoms with Gasteiger partial charge >= 0.3 is 0 Å². The van der Waals surface area contributed by atoms with E-state index in [-0.39, 0.29) is 0 Å². The van der Waals surface area contributed by atoms with E-state index in [0.29, 0.717) is 0 Å². The van der Waals surface area contributed by atoms with Gasteiger partial charge in [-0.1, -0.05) is 36.8 Å². The molecular weight excluding hydrogens is 444 g/mol. The smallest absolute Gasteiger partial charge is 0.116 e. The highest BCUT2D eigenvalue weighted by molar-refractivity contribution is 6.01. The molecule has 178 valence electrons. The monoisotopic (exact) mass is 472 g/mol. The first-order valence-electron chi connectivity index (χ1n) is 12.8. The number of rotatable bonds is 5. The normalized spacial score (nSPS) is 16.3. The molecule has 5 aromatic rings. The van der Waals surface area contributed by atoms with Crippen molar-refractivity contribution in [2.45, 2.75) is 32.2 Å². The van der Waals surface area contributed by atoms with Crippen LogP contribution in [-0.4, -0.2) is 43.1 Å². The lowest BCUT2D eigenvalue weighted by Crippen LogP contribution is -2.29.